The van der Waals surface area contributed by atoms with Gasteiger partial charge in [0, 0.05) is 37.5 Å². The molecule has 0 N–H and O–H groups in total. The van der Waals surface area contributed by atoms with Gasteiger partial charge in [-0.3, -0.25) is 4.98 Å². The van der Waals surface area contributed by atoms with Crippen LogP contribution in [0.1, 0.15) is 16.8 Å². The van der Waals surface area contributed by atoms with Gasteiger partial charge in [-0.15, -0.1) is 0 Å². The van der Waals surface area contributed by atoms with Crippen molar-refractivity contribution in [2.45, 2.75) is 13.3 Å². The Kier molecular flexibility index (Phi) is 7.02. The summed E-state index contributed by atoms with van der Waals surface area (Å²) in [6.45, 7) is 5.25. The summed E-state index contributed by atoms with van der Waals surface area (Å²) in [6, 6.07) is 15.8. The Hall–Kier alpha value is -3.52. The van der Waals surface area contributed by atoms with Crippen LogP contribution < -0.4 is 14.5 Å². The molecule has 1 aliphatic heterocycles. The summed E-state index contributed by atoms with van der Waals surface area (Å²) in [5.74, 6) is 1.06. The Bertz CT molecular complexity index is 1010. The van der Waals surface area contributed by atoms with E-state index in [4.69, 9.17) is 14.3 Å². The number of aromatic nitrogens is 3. The minimum atomic E-state index is 0.251. The summed E-state index contributed by atoms with van der Waals surface area (Å²) < 4.78 is 11.3. The maximum Gasteiger partial charge on any atom is 0.321 e. The predicted octanol–water partition coefficient (Wildman–Crippen LogP) is 3.05. The van der Waals surface area contributed by atoms with Gasteiger partial charge in [-0.1, -0.05) is 41.1 Å². The second-order valence-electron chi connectivity index (χ2n) is 7.11. The third-order valence-corrected chi connectivity index (χ3v) is 4.71. The number of pyridine rings is 1. The van der Waals surface area contributed by atoms with E-state index in [1.807, 2.05) is 49.4 Å². The van der Waals surface area contributed by atoms with Crippen molar-refractivity contribution >= 4 is 12.0 Å². The first-order chi connectivity index (χ1) is 15.3. The summed E-state index contributed by atoms with van der Waals surface area (Å²) in [7, 11) is 0. The topological polar surface area (TPSA) is 82.0 Å². The lowest BCUT2D eigenvalue weighted by Crippen LogP contribution is -2.36. The van der Waals surface area contributed by atoms with Crippen molar-refractivity contribution in [1.29, 1.82) is 0 Å². The molecule has 4 rings (SSSR count). The van der Waals surface area contributed by atoms with Gasteiger partial charge in [0.15, 0.2) is 0 Å². The van der Waals surface area contributed by atoms with Crippen LogP contribution in [-0.4, -0.2) is 54.1 Å². The first-order valence-corrected chi connectivity index (χ1v) is 10.3. The van der Waals surface area contributed by atoms with Crippen LogP contribution in [0.2, 0.25) is 0 Å². The quantitative estimate of drug-likeness (QED) is 0.410. The van der Waals surface area contributed by atoms with Gasteiger partial charge < -0.3 is 19.2 Å². The highest BCUT2D eigenvalue weighted by atomic mass is 16.6. The van der Waals surface area contributed by atoms with Gasteiger partial charge >= 0.3 is 6.01 Å². The number of morpholine rings is 1. The fraction of sp³-hybridized carbons (Fsp3) is 0.304. The van der Waals surface area contributed by atoms with E-state index in [0.717, 1.165) is 35.7 Å². The van der Waals surface area contributed by atoms with Crippen molar-refractivity contribution in [2.75, 3.05) is 37.8 Å². The molecule has 160 valence electrons. The Morgan fingerprint density at radius 1 is 1.10 bits per heavy atom. The van der Waals surface area contributed by atoms with E-state index in [9.17, 15) is 0 Å². The highest BCUT2D eigenvalue weighted by Crippen LogP contribution is 2.22. The lowest BCUT2D eigenvalue weighted by molar-refractivity contribution is 0.122. The number of aryl methyl sites for hydroxylation is 1. The summed E-state index contributed by atoms with van der Waals surface area (Å²) in [5, 5.41) is 4.08. The van der Waals surface area contributed by atoms with Crippen LogP contribution in [-0.2, 0) is 11.2 Å². The molecular weight excluding hydrogens is 394 g/mol. The lowest BCUT2D eigenvalue weighted by Gasteiger charge is -2.27. The second-order valence-corrected chi connectivity index (χ2v) is 7.11. The first kappa shape index (κ1) is 20.7. The highest BCUT2D eigenvalue weighted by Gasteiger charge is 2.16. The van der Waals surface area contributed by atoms with Crippen LogP contribution in [0.3, 0.4) is 0 Å². The van der Waals surface area contributed by atoms with Crippen molar-refractivity contribution in [3.05, 3.63) is 71.5 Å². The maximum atomic E-state index is 5.81. The minimum Gasteiger partial charge on any atom is -0.463 e. The van der Waals surface area contributed by atoms with Crippen molar-refractivity contribution in [3.8, 4) is 11.9 Å². The molecule has 0 spiro atoms. The van der Waals surface area contributed by atoms with Gasteiger partial charge in [0.25, 0.3) is 5.88 Å². The van der Waals surface area contributed by atoms with E-state index in [1.54, 1.807) is 18.5 Å². The third kappa shape index (κ3) is 6.23. The zero-order valence-corrected chi connectivity index (χ0v) is 17.5. The van der Waals surface area contributed by atoms with Crippen LogP contribution in [0.25, 0.3) is 0 Å². The van der Waals surface area contributed by atoms with Crippen molar-refractivity contribution in [3.63, 3.8) is 0 Å². The smallest absolute Gasteiger partial charge is 0.321 e. The summed E-state index contributed by atoms with van der Waals surface area (Å²) in [4.78, 5) is 20.9. The lowest BCUT2D eigenvalue weighted by atomic mass is 10.2. The summed E-state index contributed by atoms with van der Waals surface area (Å²) in [5.41, 5.74) is 3.06. The molecule has 8 heteroatoms. The number of anilines is 1. The van der Waals surface area contributed by atoms with Crippen LogP contribution >= 0.6 is 0 Å². The Labute approximate surface area is 181 Å². The maximum absolute atomic E-state index is 5.81. The molecule has 0 atom stereocenters. The number of oxime groups is 1. The molecule has 31 heavy (non-hydrogen) atoms. The van der Waals surface area contributed by atoms with Crippen LogP contribution in [0.15, 0.2) is 59.9 Å². The van der Waals surface area contributed by atoms with Crippen molar-refractivity contribution in [1.82, 2.24) is 15.0 Å². The molecule has 3 heterocycles. The molecule has 8 nitrogen and oxygen atoms in total. The molecule has 0 bridgehead atoms. The van der Waals surface area contributed by atoms with Gasteiger partial charge in [-0.05, 0) is 24.6 Å². The largest absolute Gasteiger partial charge is 0.463 e. The van der Waals surface area contributed by atoms with Crippen LogP contribution in [0.4, 0.5) is 5.82 Å². The van der Waals surface area contributed by atoms with Crippen LogP contribution in [0, 0.1) is 6.92 Å². The average molecular weight is 419 g/mol. The first-order valence-electron chi connectivity index (χ1n) is 10.3. The fourth-order valence-corrected chi connectivity index (χ4v) is 3.14. The molecule has 1 aromatic carbocycles. The molecule has 1 fully saturated rings. The average Bonchev–Trinajstić information content (AvgIpc) is 2.80. The van der Waals surface area contributed by atoms with E-state index in [0.29, 0.717) is 32.1 Å². The van der Waals surface area contributed by atoms with Crippen molar-refractivity contribution < 1.29 is 14.3 Å². The van der Waals surface area contributed by atoms with E-state index in [2.05, 4.69) is 25.0 Å². The van der Waals surface area contributed by atoms with Gasteiger partial charge in [0.2, 0.25) is 0 Å². The van der Waals surface area contributed by atoms with Crippen LogP contribution in [0.5, 0.6) is 11.9 Å². The zero-order chi connectivity index (χ0) is 21.3. The summed E-state index contributed by atoms with van der Waals surface area (Å²) >= 11 is 0. The number of hydrogen-bond acceptors (Lipinski definition) is 8. The number of rotatable bonds is 8. The molecule has 2 aromatic heterocycles. The molecule has 0 saturated carbocycles. The third-order valence-electron chi connectivity index (χ3n) is 4.71. The molecule has 0 radical (unpaired) electrons. The molecule has 1 aliphatic rings. The standard InChI is InChI=1S/C23H25N5O3/c1-18-5-4-6-19(15-18)17-25-31-22-16-21(28-10-13-29-14-11-28)26-23(27-22)30-12-8-20-7-2-3-9-24-20/h2-7,9,15-17H,8,10-14H2,1H3/b25-17+. The number of hydrogen-bond donors (Lipinski definition) is 0. The molecule has 0 aliphatic carbocycles. The van der Waals surface area contributed by atoms with E-state index < -0.39 is 0 Å². The Balaban J connectivity index is 1.46. The predicted molar refractivity (Wildman–Crippen MR) is 118 cm³/mol. The number of benzene rings is 1. The van der Waals surface area contributed by atoms with Crippen molar-refractivity contribution in [2.24, 2.45) is 5.16 Å². The Morgan fingerprint density at radius 3 is 2.81 bits per heavy atom. The van der Waals surface area contributed by atoms with Gasteiger partial charge in [-0.2, -0.15) is 9.97 Å². The van der Waals surface area contributed by atoms with Gasteiger partial charge in [-0.25, -0.2) is 0 Å². The van der Waals surface area contributed by atoms with Gasteiger partial charge in [0.1, 0.15) is 5.82 Å². The molecule has 3 aromatic rings. The molecular formula is C23H25N5O3. The normalized spacial score (nSPS) is 14.0. The minimum absolute atomic E-state index is 0.251. The molecule has 1 saturated heterocycles. The summed E-state index contributed by atoms with van der Waals surface area (Å²) in [6.07, 6.45) is 4.09. The SMILES string of the molecule is Cc1cccc(/C=N/Oc2cc(N3CCOCC3)nc(OCCc3ccccn3)n2)c1. The number of ether oxygens (including phenoxy) is 2. The zero-order valence-electron chi connectivity index (χ0n) is 17.5. The Morgan fingerprint density at radius 2 is 2.00 bits per heavy atom. The van der Waals surface area contributed by atoms with E-state index >= 15 is 0 Å². The van der Waals surface area contributed by atoms with E-state index in [1.165, 1.54) is 0 Å². The monoisotopic (exact) mass is 419 g/mol. The van der Waals surface area contributed by atoms with Gasteiger partial charge in [0.05, 0.1) is 26.0 Å². The van der Waals surface area contributed by atoms with E-state index in [-0.39, 0.29) is 6.01 Å². The molecule has 0 unspecified atom stereocenters. The fourth-order valence-electron chi connectivity index (χ4n) is 3.14. The molecule has 0 amide bonds. The number of nitrogens with zero attached hydrogens (tertiary/aromatic N) is 5. The second kappa shape index (κ2) is 10.5. The highest BCUT2D eigenvalue weighted by molar-refractivity contribution is 5.79.